The van der Waals surface area contributed by atoms with Crippen LogP contribution >= 0.6 is 0 Å². The van der Waals surface area contributed by atoms with Gasteiger partial charge in [-0.15, -0.1) is 0 Å². The average Bonchev–Trinajstić information content (AvgIpc) is 3.05. The number of hydrogen-bond donors (Lipinski definition) is 1. The summed E-state index contributed by atoms with van der Waals surface area (Å²) < 4.78 is 5.04. The maximum absolute atomic E-state index is 11.6. The number of nitrogens with one attached hydrogen (secondary N) is 1. The van der Waals surface area contributed by atoms with Gasteiger partial charge in [0.15, 0.2) is 6.61 Å². The van der Waals surface area contributed by atoms with Crippen LogP contribution in [0.4, 0.5) is 0 Å². The van der Waals surface area contributed by atoms with Crippen molar-refractivity contribution in [1.82, 2.24) is 5.32 Å². The van der Waals surface area contributed by atoms with Crippen LogP contribution in [0.25, 0.3) is 0 Å². The van der Waals surface area contributed by atoms with E-state index in [2.05, 4.69) is 11.4 Å². The number of amides is 1. The largest absolute Gasteiger partial charge is 0.456 e. The Bertz CT molecular complexity index is 397. The highest BCUT2D eigenvalue weighted by molar-refractivity contribution is 5.80. The first-order valence-corrected chi connectivity index (χ1v) is 8.84. The molecule has 4 nitrogen and oxygen atoms in total. The van der Waals surface area contributed by atoms with E-state index >= 15 is 0 Å². The summed E-state index contributed by atoms with van der Waals surface area (Å²) in [7, 11) is 0. The predicted octanol–water partition coefficient (Wildman–Crippen LogP) is 3.51. The molecule has 2 aliphatic rings. The Hall–Kier alpha value is -1.32. The molecule has 0 bridgehead atoms. The SMILES string of the molecule is O=C(COC(=O)CCC1CCCC1)NCCC1=CCCCC1. The van der Waals surface area contributed by atoms with E-state index in [0.29, 0.717) is 18.9 Å². The summed E-state index contributed by atoms with van der Waals surface area (Å²) in [5.41, 5.74) is 1.44. The summed E-state index contributed by atoms with van der Waals surface area (Å²) >= 11 is 0. The number of hydrogen-bond acceptors (Lipinski definition) is 3. The smallest absolute Gasteiger partial charge is 0.306 e. The summed E-state index contributed by atoms with van der Waals surface area (Å²) in [6.07, 6.45) is 14.5. The van der Waals surface area contributed by atoms with Gasteiger partial charge >= 0.3 is 5.97 Å². The quantitative estimate of drug-likeness (QED) is 0.551. The fourth-order valence-corrected chi connectivity index (χ4v) is 3.38. The van der Waals surface area contributed by atoms with Crippen LogP contribution in [0.1, 0.15) is 70.6 Å². The second-order valence-corrected chi connectivity index (χ2v) is 6.56. The molecule has 0 atom stereocenters. The molecule has 0 spiro atoms. The lowest BCUT2D eigenvalue weighted by Gasteiger charge is -2.13. The molecule has 2 rings (SSSR count). The Morgan fingerprint density at radius 2 is 2.00 bits per heavy atom. The minimum absolute atomic E-state index is 0.136. The maximum atomic E-state index is 11.6. The third kappa shape index (κ3) is 6.63. The topological polar surface area (TPSA) is 55.4 Å². The van der Waals surface area contributed by atoms with Gasteiger partial charge in [-0.3, -0.25) is 9.59 Å². The summed E-state index contributed by atoms with van der Waals surface area (Å²) in [4.78, 5) is 23.3. The number of esters is 1. The van der Waals surface area contributed by atoms with Crippen molar-refractivity contribution < 1.29 is 14.3 Å². The zero-order valence-electron chi connectivity index (χ0n) is 13.6. The highest BCUT2D eigenvalue weighted by atomic mass is 16.5. The Labute approximate surface area is 133 Å². The van der Waals surface area contributed by atoms with Crippen molar-refractivity contribution in [2.45, 2.75) is 70.6 Å². The summed E-state index contributed by atoms with van der Waals surface area (Å²) in [5, 5.41) is 2.83. The van der Waals surface area contributed by atoms with Crippen LogP contribution in [0.3, 0.4) is 0 Å². The van der Waals surface area contributed by atoms with Gasteiger partial charge in [0.1, 0.15) is 0 Å². The Kier molecular flexibility index (Phi) is 7.47. The molecule has 2 aliphatic carbocycles. The molecule has 124 valence electrons. The molecular weight excluding hydrogens is 278 g/mol. The van der Waals surface area contributed by atoms with E-state index in [-0.39, 0.29) is 18.5 Å². The molecule has 1 N–H and O–H groups in total. The average molecular weight is 307 g/mol. The molecule has 0 aliphatic heterocycles. The number of carbonyl (C=O) groups excluding carboxylic acids is 2. The molecule has 0 aromatic heterocycles. The molecule has 1 fully saturated rings. The van der Waals surface area contributed by atoms with E-state index in [9.17, 15) is 9.59 Å². The van der Waals surface area contributed by atoms with Crippen LogP contribution < -0.4 is 5.32 Å². The molecule has 0 heterocycles. The van der Waals surface area contributed by atoms with Crippen LogP contribution in [0.15, 0.2) is 11.6 Å². The molecule has 1 amide bonds. The van der Waals surface area contributed by atoms with E-state index in [0.717, 1.165) is 19.3 Å². The third-order valence-electron chi connectivity index (χ3n) is 4.75. The van der Waals surface area contributed by atoms with Gasteiger partial charge in [0.25, 0.3) is 5.91 Å². The second-order valence-electron chi connectivity index (χ2n) is 6.56. The molecular formula is C18H29NO3. The van der Waals surface area contributed by atoms with E-state index < -0.39 is 0 Å². The molecule has 0 aromatic carbocycles. The minimum atomic E-state index is -0.239. The van der Waals surface area contributed by atoms with Gasteiger partial charge in [-0.2, -0.15) is 0 Å². The molecule has 1 saturated carbocycles. The van der Waals surface area contributed by atoms with Crippen molar-refractivity contribution in [2.24, 2.45) is 5.92 Å². The van der Waals surface area contributed by atoms with Gasteiger partial charge < -0.3 is 10.1 Å². The summed E-state index contributed by atoms with van der Waals surface area (Å²) in [6.45, 7) is 0.507. The van der Waals surface area contributed by atoms with Crippen molar-refractivity contribution in [3.8, 4) is 0 Å². The van der Waals surface area contributed by atoms with Crippen LogP contribution in [0.5, 0.6) is 0 Å². The Morgan fingerprint density at radius 1 is 1.18 bits per heavy atom. The molecule has 4 heteroatoms. The van der Waals surface area contributed by atoms with E-state index in [1.807, 2.05) is 0 Å². The number of rotatable bonds is 8. The van der Waals surface area contributed by atoms with Crippen molar-refractivity contribution in [3.05, 3.63) is 11.6 Å². The lowest BCUT2D eigenvalue weighted by Crippen LogP contribution is -2.29. The molecule has 0 saturated heterocycles. The van der Waals surface area contributed by atoms with Gasteiger partial charge in [-0.05, 0) is 44.4 Å². The number of allylic oxidation sites excluding steroid dienone is 1. The zero-order chi connectivity index (χ0) is 15.6. The monoisotopic (exact) mass is 307 g/mol. The van der Waals surface area contributed by atoms with E-state index in [1.165, 1.54) is 50.5 Å². The first kappa shape index (κ1) is 17.0. The zero-order valence-corrected chi connectivity index (χ0v) is 13.6. The van der Waals surface area contributed by atoms with Gasteiger partial charge in [0.05, 0.1) is 0 Å². The maximum Gasteiger partial charge on any atom is 0.306 e. The molecule has 0 aromatic rings. The minimum Gasteiger partial charge on any atom is -0.456 e. The first-order valence-electron chi connectivity index (χ1n) is 8.84. The fourth-order valence-electron chi connectivity index (χ4n) is 3.38. The molecule has 0 unspecified atom stereocenters. The van der Waals surface area contributed by atoms with Gasteiger partial charge in [-0.25, -0.2) is 0 Å². The Balaban J connectivity index is 1.49. The number of carbonyl (C=O) groups is 2. The summed E-state index contributed by atoms with van der Waals surface area (Å²) in [5.74, 6) is 0.257. The van der Waals surface area contributed by atoms with Crippen LogP contribution in [-0.2, 0) is 14.3 Å². The standard InChI is InChI=1S/C18H29NO3/c20-17(19-13-12-16-6-2-1-3-7-16)14-22-18(21)11-10-15-8-4-5-9-15/h6,15H,1-5,7-14H2,(H,19,20). The normalized spacial score (nSPS) is 18.8. The van der Waals surface area contributed by atoms with Gasteiger partial charge in [0.2, 0.25) is 0 Å². The molecule has 22 heavy (non-hydrogen) atoms. The van der Waals surface area contributed by atoms with Crippen molar-refractivity contribution in [3.63, 3.8) is 0 Å². The number of ether oxygens (including phenoxy) is 1. The van der Waals surface area contributed by atoms with E-state index in [4.69, 9.17) is 4.74 Å². The highest BCUT2D eigenvalue weighted by Gasteiger charge is 2.17. The lowest BCUT2D eigenvalue weighted by molar-refractivity contribution is -0.148. The van der Waals surface area contributed by atoms with Crippen molar-refractivity contribution in [1.29, 1.82) is 0 Å². The first-order chi connectivity index (χ1) is 10.7. The lowest BCUT2D eigenvalue weighted by atomic mass is 9.97. The summed E-state index contributed by atoms with van der Waals surface area (Å²) in [6, 6.07) is 0. The van der Waals surface area contributed by atoms with Crippen molar-refractivity contribution in [2.75, 3.05) is 13.2 Å². The second kappa shape index (κ2) is 9.65. The van der Waals surface area contributed by atoms with Gasteiger partial charge in [0, 0.05) is 13.0 Å². The predicted molar refractivity (Wildman–Crippen MR) is 86.3 cm³/mol. The molecule has 0 radical (unpaired) electrons. The van der Waals surface area contributed by atoms with Crippen LogP contribution in [-0.4, -0.2) is 25.0 Å². The van der Waals surface area contributed by atoms with E-state index in [1.54, 1.807) is 0 Å². The van der Waals surface area contributed by atoms with Crippen LogP contribution in [0, 0.1) is 5.92 Å². The highest BCUT2D eigenvalue weighted by Crippen LogP contribution is 2.28. The van der Waals surface area contributed by atoms with Gasteiger partial charge in [-0.1, -0.05) is 37.3 Å². The third-order valence-corrected chi connectivity index (χ3v) is 4.75. The van der Waals surface area contributed by atoms with Crippen LogP contribution in [0.2, 0.25) is 0 Å². The Morgan fingerprint density at radius 3 is 2.73 bits per heavy atom. The fraction of sp³-hybridized carbons (Fsp3) is 0.778. The van der Waals surface area contributed by atoms with Crippen molar-refractivity contribution >= 4 is 11.9 Å².